The minimum atomic E-state index is -5.14. The standard InChI is InChI=1S/C18H15F7/c1-2-3-11-6-7-12(17(22)16(11)21)5-4-10-8-13(19)15(14(20)9-10)18(23,24)25/h6-9H,2-5H2,1H3. The number of rotatable bonds is 5. The van der Waals surface area contributed by atoms with E-state index in [0.717, 1.165) is 0 Å². The monoisotopic (exact) mass is 364 g/mol. The SMILES string of the molecule is CCCc1ccc(CCc2cc(F)c(C(F)(F)F)c(F)c2)c(F)c1F. The molecule has 0 radical (unpaired) electrons. The first-order valence-electron chi connectivity index (χ1n) is 7.66. The van der Waals surface area contributed by atoms with Gasteiger partial charge >= 0.3 is 6.18 Å². The fourth-order valence-electron chi connectivity index (χ4n) is 2.60. The van der Waals surface area contributed by atoms with Gasteiger partial charge in [0.15, 0.2) is 11.6 Å². The van der Waals surface area contributed by atoms with Crippen molar-refractivity contribution in [3.05, 3.63) is 69.8 Å². The van der Waals surface area contributed by atoms with E-state index in [1.165, 1.54) is 12.1 Å². The summed E-state index contributed by atoms with van der Waals surface area (Å²) in [6.07, 6.45) is -4.36. The molecule has 0 saturated carbocycles. The Hall–Kier alpha value is -2.05. The van der Waals surface area contributed by atoms with E-state index in [1.54, 1.807) is 0 Å². The summed E-state index contributed by atoms with van der Waals surface area (Å²) in [5.41, 5.74) is -1.80. The topological polar surface area (TPSA) is 0 Å². The van der Waals surface area contributed by atoms with Crippen LogP contribution in [0.2, 0.25) is 0 Å². The van der Waals surface area contributed by atoms with Gasteiger partial charge in [-0.05, 0) is 48.1 Å². The zero-order valence-corrected chi connectivity index (χ0v) is 13.3. The van der Waals surface area contributed by atoms with E-state index in [2.05, 4.69) is 0 Å². The Morgan fingerprint density at radius 1 is 0.760 bits per heavy atom. The van der Waals surface area contributed by atoms with Gasteiger partial charge in [-0.1, -0.05) is 25.5 Å². The van der Waals surface area contributed by atoms with Crippen LogP contribution >= 0.6 is 0 Å². The lowest BCUT2D eigenvalue weighted by molar-refractivity contribution is -0.142. The highest BCUT2D eigenvalue weighted by Crippen LogP contribution is 2.34. The molecule has 25 heavy (non-hydrogen) atoms. The van der Waals surface area contributed by atoms with Crippen LogP contribution < -0.4 is 0 Å². The molecular formula is C18H15F7. The van der Waals surface area contributed by atoms with Crippen LogP contribution in [0.5, 0.6) is 0 Å². The molecule has 0 unspecified atom stereocenters. The molecule has 0 heterocycles. The fraction of sp³-hybridized carbons (Fsp3) is 0.333. The Balaban J connectivity index is 2.21. The summed E-state index contributed by atoms with van der Waals surface area (Å²) in [5.74, 6) is -5.47. The van der Waals surface area contributed by atoms with Gasteiger partial charge in [0.1, 0.15) is 17.2 Å². The Kier molecular flexibility index (Phi) is 5.75. The second-order valence-corrected chi connectivity index (χ2v) is 5.69. The van der Waals surface area contributed by atoms with E-state index in [1.807, 2.05) is 6.92 Å². The Morgan fingerprint density at radius 3 is 1.68 bits per heavy atom. The number of aryl methyl sites for hydroxylation is 3. The molecular weight excluding hydrogens is 349 g/mol. The highest BCUT2D eigenvalue weighted by molar-refractivity contribution is 5.31. The van der Waals surface area contributed by atoms with Crippen molar-refractivity contribution in [2.75, 3.05) is 0 Å². The van der Waals surface area contributed by atoms with Gasteiger partial charge in [0.2, 0.25) is 0 Å². The molecule has 0 aliphatic rings. The van der Waals surface area contributed by atoms with E-state index in [-0.39, 0.29) is 29.5 Å². The van der Waals surface area contributed by atoms with Crippen molar-refractivity contribution < 1.29 is 30.7 Å². The van der Waals surface area contributed by atoms with Crippen LogP contribution in [0, 0.1) is 23.3 Å². The molecule has 0 atom stereocenters. The van der Waals surface area contributed by atoms with Crippen LogP contribution in [-0.2, 0) is 25.4 Å². The molecule has 2 rings (SSSR count). The van der Waals surface area contributed by atoms with Crippen LogP contribution in [-0.4, -0.2) is 0 Å². The summed E-state index contributed by atoms with van der Waals surface area (Å²) in [6, 6.07) is 3.93. The van der Waals surface area contributed by atoms with Gasteiger partial charge in [0, 0.05) is 0 Å². The van der Waals surface area contributed by atoms with Crippen LogP contribution in [0.3, 0.4) is 0 Å². The molecule has 0 aromatic heterocycles. The predicted octanol–water partition coefficient (Wildman–Crippen LogP) is 6.00. The first-order chi connectivity index (χ1) is 11.6. The third-order valence-corrected chi connectivity index (χ3v) is 3.83. The van der Waals surface area contributed by atoms with Crippen molar-refractivity contribution in [2.24, 2.45) is 0 Å². The van der Waals surface area contributed by atoms with Crippen molar-refractivity contribution in [3.8, 4) is 0 Å². The van der Waals surface area contributed by atoms with E-state index >= 15 is 0 Å². The minimum absolute atomic E-state index is 0.00179. The first kappa shape index (κ1) is 19.3. The summed E-state index contributed by atoms with van der Waals surface area (Å²) in [4.78, 5) is 0. The third-order valence-electron chi connectivity index (χ3n) is 3.83. The highest BCUT2D eigenvalue weighted by Gasteiger charge is 2.37. The van der Waals surface area contributed by atoms with Crippen LogP contribution in [0.25, 0.3) is 0 Å². The quantitative estimate of drug-likeness (QED) is 0.571. The molecule has 0 saturated heterocycles. The van der Waals surface area contributed by atoms with Gasteiger partial charge in [-0.3, -0.25) is 0 Å². The summed E-state index contributed by atoms with van der Waals surface area (Å²) in [5, 5.41) is 0. The van der Waals surface area contributed by atoms with Gasteiger partial charge in [-0.2, -0.15) is 13.2 Å². The fourth-order valence-corrected chi connectivity index (χ4v) is 2.60. The van der Waals surface area contributed by atoms with Gasteiger partial charge < -0.3 is 0 Å². The first-order valence-corrected chi connectivity index (χ1v) is 7.66. The Labute approximate surface area is 140 Å². The maximum absolute atomic E-state index is 14.0. The van der Waals surface area contributed by atoms with Crippen LogP contribution in [0.4, 0.5) is 30.7 Å². The van der Waals surface area contributed by atoms with Crippen LogP contribution in [0.1, 0.15) is 35.6 Å². The molecule has 7 heteroatoms. The maximum Gasteiger partial charge on any atom is 0.422 e. The lowest BCUT2D eigenvalue weighted by atomic mass is 9.99. The molecule has 2 aromatic rings. The lowest BCUT2D eigenvalue weighted by Gasteiger charge is -2.12. The van der Waals surface area contributed by atoms with E-state index in [9.17, 15) is 30.7 Å². The average Bonchev–Trinajstić information content (AvgIpc) is 2.49. The van der Waals surface area contributed by atoms with Crippen molar-refractivity contribution in [2.45, 2.75) is 38.8 Å². The van der Waals surface area contributed by atoms with Gasteiger partial charge in [-0.15, -0.1) is 0 Å². The zero-order chi connectivity index (χ0) is 18.8. The summed E-state index contributed by atoms with van der Waals surface area (Å²) in [6.45, 7) is 1.82. The normalized spacial score (nSPS) is 11.8. The number of hydrogen-bond donors (Lipinski definition) is 0. The van der Waals surface area contributed by atoms with E-state index < -0.39 is 35.0 Å². The summed E-state index contributed by atoms with van der Waals surface area (Å²) in [7, 11) is 0. The second kappa shape index (κ2) is 7.45. The van der Waals surface area contributed by atoms with Crippen molar-refractivity contribution in [1.82, 2.24) is 0 Å². The van der Waals surface area contributed by atoms with Crippen molar-refractivity contribution >= 4 is 0 Å². The highest BCUT2D eigenvalue weighted by atomic mass is 19.4. The van der Waals surface area contributed by atoms with Gasteiger partial charge in [-0.25, -0.2) is 17.6 Å². The molecule has 0 bridgehead atoms. The van der Waals surface area contributed by atoms with Crippen molar-refractivity contribution in [3.63, 3.8) is 0 Å². The maximum atomic E-state index is 14.0. The Morgan fingerprint density at radius 2 is 1.24 bits per heavy atom. The number of alkyl halides is 3. The van der Waals surface area contributed by atoms with Crippen molar-refractivity contribution in [1.29, 1.82) is 0 Å². The average molecular weight is 364 g/mol. The zero-order valence-electron chi connectivity index (χ0n) is 13.3. The number of hydrogen-bond acceptors (Lipinski definition) is 0. The molecule has 136 valence electrons. The molecule has 0 aliphatic carbocycles. The van der Waals surface area contributed by atoms with Crippen LogP contribution in [0.15, 0.2) is 24.3 Å². The summed E-state index contributed by atoms with van der Waals surface area (Å²) < 4.78 is 92.5. The summed E-state index contributed by atoms with van der Waals surface area (Å²) >= 11 is 0. The minimum Gasteiger partial charge on any atom is -0.206 e. The number of halogens is 7. The Bertz CT molecular complexity index is 740. The molecule has 0 N–H and O–H groups in total. The molecule has 0 fully saturated rings. The van der Waals surface area contributed by atoms with Gasteiger partial charge in [0.25, 0.3) is 0 Å². The van der Waals surface area contributed by atoms with Gasteiger partial charge in [0.05, 0.1) is 0 Å². The second-order valence-electron chi connectivity index (χ2n) is 5.69. The smallest absolute Gasteiger partial charge is 0.206 e. The van der Waals surface area contributed by atoms with E-state index in [0.29, 0.717) is 25.0 Å². The predicted molar refractivity (Wildman–Crippen MR) is 79.1 cm³/mol. The molecule has 0 spiro atoms. The third kappa shape index (κ3) is 4.32. The number of benzene rings is 2. The molecule has 0 aliphatic heterocycles. The largest absolute Gasteiger partial charge is 0.422 e. The molecule has 0 amide bonds. The lowest BCUT2D eigenvalue weighted by Crippen LogP contribution is -2.12. The molecule has 0 nitrogen and oxygen atoms in total. The van der Waals surface area contributed by atoms with E-state index in [4.69, 9.17) is 0 Å². The molecule has 2 aromatic carbocycles.